The summed E-state index contributed by atoms with van der Waals surface area (Å²) in [5.41, 5.74) is 4.03. The minimum absolute atomic E-state index is 0.0668. The third kappa shape index (κ3) is 5.23. The van der Waals surface area contributed by atoms with Crippen molar-refractivity contribution in [3.8, 4) is 11.4 Å². The molecular formula is C30H35N9O3S. The first-order valence-electron chi connectivity index (χ1n) is 15.1. The molecule has 1 unspecified atom stereocenters. The lowest BCUT2D eigenvalue weighted by molar-refractivity contribution is 0.482. The van der Waals surface area contributed by atoms with Gasteiger partial charge in [-0.1, -0.05) is 6.92 Å². The fourth-order valence-electron chi connectivity index (χ4n) is 5.62. The Balaban J connectivity index is 1.26. The van der Waals surface area contributed by atoms with E-state index in [0.29, 0.717) is 59.7 Å². The van der Waals surface area contributed by atoms with E-state index < -0.39 is 9.84 Å². The van der Waals surface area contributed by atoms with Crippen LogP contribution in [0, 0.1) is 5.92 Å². The molecule has 3 aliphatic rings. The van der Waals surface area contributed by atoms with Gasteiger partial charge in [-0.2, -0.15) is 0 Å². The molecular weight excluding hydrogens is 566 g/mol. The van der Waals surface area contributed by atoms with Gasteiger partial charge in [0, 0.05) is 25.2 Å². The second-order valence-electron chi connectivity index (χ2n) is 11.8. The highest BCUT2D eigenvalue weighted by molar-refractivity contribution is 7.92. The van der Waals surface area contributed by atoms with Crippen molar-refractivity contribution in [3.63, 3.8) is 0 Å². The number of pyridine rings is 1. The van der Waals surface area contributed by atoms with Gasteiger partial charge >= 0.3 is 0 Å². The number of anilines is 2. The molecule has 3 aliphatic carbocycles. The van der Waals surface area contributed by atoms with Crippen LogP contribution in [-0.4, -0.2) is 55.2 Å². The molecule has 4 heterocycles. The molecule has 43 heavy (non-hydrogen) atoms. The number of fused-ring (bicyclic) bond motifs is 1. The molecule has 0 aliphatic heterocycles. The second-order valence-corrected chi connectivity index (χ2v) is 14.1. The molecule has 7 rings (SSSR count). The van der Waals surface area contributed by atoms with E-state index in [-0.39, 0.29) is 34.1 Å². The largest absolute Gasteiger partial charge is 0.360 e. The lowest BCUT2D eigenvalue weighted by Crippen LogP contribution is -2.29. The normalized spacial score (nSPS) is 17.7. The Labute approximate surface area is 249 Å². The molecule has 12 nitrogen and oxygen atoms in total. The van der Waals surface area contributed by atoms with Crippen LogP contribution in [0.2, 0.25) is 0 Å². The average Bonchev–Trinajstić information content (AvgIpc) is 3.85. The smallest absolute Gasteiger partial charge is 0.295 e. The van der Waals surface area contributed by atoms with Crippen LogP contribution in [0.5, 0.6) is 0 Å². The van der Waals surface area contributed by atoms with Crippen molar-refractivity contribution < 1.29 is 8.42 Å². The van der Waals surface area contributed by atoms with E-state index in [9.17, 15) is 13.2 Å². The summed E-state index contributed by atoms with van der Waals surface area (Å²) in [5, 5.41) is 5.93. The summed E-state index contributed by atoms with van der Waals surface area (Å²) in [6.07, 6.45) is 9.43. The molecule has 0 spiro atoms. The van der Waals surface area contributed by atoms with Gasteiger partial charge in [-0.15, -0.1) is 0 Å². The first-order chi connectivity index (χ1) is 20.8. The molecule has 2 N–H and O–H groups in total. The molecule has 1 atom stereocenters. The SMILES string of the molecule is CCc1nc(NC)nc(C2CC2)c1-c1ncc2nc(NCc3ccc(S(=O)(=O)C4CC4)cn3)c(=O)n(C(C)C3CC3)c2n1. The fraction of sp³-hybridized carbons (Fsp3) is 0.500. The van der Waals surface area contributed by atoms with Gasteiger partial charge in [0.05, 0.1) is 45.5 Å². The monoisotopic (exact) mass is 601 g/mol. The molecule has 13 heteroatoms. The van der Waals surface area contributed by atoms with Gasteiger partial charge in [0.2, 0.25) is 5.95 Å². The van der Waals surface area contributed by atoms with Crippen LogP contribution in [0.25, 0.3) is 22.6 Å². The predicted molar refractivity (Wildman–Crippen MR) is 163 cm³/mol. The molecule has 0 bridgehead atoms. The Hall–Kier alpha value is -4.00. The Bertz CT molecular complexity index is 1880. The van der Waals surface area contributed by atoms with Gasteiger partial charge in [-0.3, -0.25) is 14.3 Å². The van der Waals surface area contributed by atoms with Gasteiger partial charge in [0.1, 0.15) is 5.52 Å². The number of sulfone groups is 1. The second kappa shape index (κ2) is 10.6. The van der Waals surface area contributed by atoms with Crippen LogP contribution >= 0.6 is 0 Å². The maximum absolute atomic E-state index is 13.9. The molecule has 3 saturated carbocycles. The number of rotatable bonds is 11. The topological polar surface area (TPSA) is 158 Å². The first kappa shape index (κ1) is 27.8. The number of nitrogens with one attached hydrogen (secondary N) is 2. The number of aryl methyl sites for hydroxylation is 1. The highest BCUT2D eigenvalue weighted by atomic mass is 32.2. The van der Waals surface area contributed by atoms with Gasteiger partial charge in [-0.05, 0) is 69.9 Å². The zero-order chi connectivity index (χ0) is 29.9. The van der Waals surface area contributed by atoms with Crippen molar-refractivity contribution in [3.05, 3.63) is 52.0 Å². The third-order valence-corrected chi connectivity index (χ3v) is 10.9. The van der Waals surface area contributed by atoms with Crippen molar-refractivity contribution >= 4 is 32.8 Å². The highest BCUT2D eigenvalue weighted by Crippen LogP contribution is 2.44. The molecule has 224 valence electrons. The molecule has 4 aromatic heterocycles. The minimum Gasteiger partial charge on any atom is -0.360 e. The number of hydrogen-bond acceptors (Lipinski definition) is 11. The highest BCUT2D eigenvalue weighted by Gasteiger charge is 2.37. The van der Waals surface area contributed by atoms with Crippen LogP contribution in [0.15, 0.2) is 34.2 Å². The van der Waals surface area contributed by atoms with E-state index in [2.05, 4.69) is 34.4 Å². The lowest BCUT2D eigenvalue weighted by Gasteiger charge is -2.19. The lowest BCUT2D eigenvalue weighted by atomic mass is 10.1. The van der Waals surface area contributed by atoms with Crippen LogP contribution in [-0.2, 0) is 22.8 Å². The zero-order valence-corrected chi connectivity index (χ0v) is 25.4. The molecule has 4 aromatic rings. The van der Waals surface area contributed by atoms with Crippen LogP contribution < -0.4 is 16.2 Å². The molecule has 0 aromatic carbocycles. The number of aromatic nitrogens is 7. The van der Waals surface area contributed by atoms with Crippen molar-refractivity contribution in [1.82, 2.24) is 34.5 Å². The van der Waals surface area contributed by atoms with Crippen molar-refractivity contribution in [1.29, 1.82) is 0 Å². The Morgan fingerprint density at radius 1 is 1.00 bits per heavy atom. The van der Waals surface area contributed by atoms with E-state index >= 15 is 0 Å². The quantitative estimate of drug-likeness (QED) is 0.256. The fourth-order valence-corrected chi connectivity index (χ4v) is 7.22. The standard InChI is InChI=1S/C30H35N9O3S/c1-4-22-24(25(18-7-8-18)37-30(31-3)36-22)26-34-15-23-28(38-26)39(16(2)17-5-6-17)29(40)27(35-23)33-13-19-9-10-21(14-32-19)43(41,42)20-11-12-20/h9-10,14-18,20H,4-8,11-13H2,1-3H3,(H,33,35)(H,31,36,37). The molecule has 0 saturated heterocycles. The van der Waals surface area contributed by atoms with Gasteiger partial charge in [0.25, 0.3) is 5.56 Å². The summed E-state index contributed by atoms with van der Waals surface area (Å²) >= 11 is 0. The average molecular weight is 602 g/mol. The summed E-state index contributed by atoms with van der Waals surface area (Å²) < 4.78 is 26.8. The van der Waals surface area contributed by atoms with Gasteiger partial charge < -0.3 is 10.6 Å². The molecule has 0 amide bonds. The van der Waals surface area contributed by atoms with Gasteiger partial charge in [0.15, 0.2) is 27.1 Å². The Morgan fingerprint density at radius 3 is 2.42 bits per heavy atom. The van der Waals surface area contributed by atoms with E-state index in [1.807, 2.05) is 7.05 Å². The van der Waals surface area contributed by atoms with Crippen molar-refractivity contribution in [2.45, 2.75) is 87.4 Å². The van der Waals surface area contributed by atoms with Gasteiger partial charge in [-0.25, -0.2) is 33.3 Å². The summed E-state index contributed by atoms with van der Waals surface area (Å²) in [6, 6.07) is 3.19. The number of nitrogens with zero attached hydrogens (tertiary/aromatic N) is 7. The minimum atomic E-state index is -3.31. The van der Waals surface area contributed by atoms with E-state index in [1.54, 1.807) is 22.9 Å². The van der Waals surface area contributed by atoms with E-state index in [1.165, 1.54) is 6.20 Å². The molecule has 3 fully saturated rings. The maximum Gasteiger partial charge on any atom is 0.295 e. The predicted octanol–water partition coefficient (Wildman–Crippen LogP) is 4.04. The van der Waals surface area contributed by atoms with E-state index in [0.717, 1.165) is 42.6 Å². The van der Waals surface area contributed by atoms with Crippen LogP contribution in [0.4, 0.5) is 11.8 Å². The summed E-state index contributed by atoms with van der Waals surface area (Å²) in [4.78, 5) is 42.4. The first-order valence-corrected chi connectivity index (χ1v) is 16.6. The summed E-state index contributed by atoms with van der Waals surface area (Å²) in [6.45, 7) is 4.33. The van der Waals surface area contributed by atoms with Crippen molar-refractivity contribution in [2.75, 3.05) is 17.7 Å². The van der Waals surface area contributed by atoms with Crippen LogP contribution in [0.3, 0.4) is 0 Å². The number of hydrogen-bond donors (Lipinski definition) is 2. The van der Waals surface area contributed by atoms with Crippen LogP contribution in [0.1, 0.15) is 81.4 Å². The summed E-state index contributed by atoms with van der Waals surface area (Å²) in [7, 11) is -1.49. The maximum atomic E-state index is 13.9. The zero-order valence-electron chi connectivity index (χ0n) is 24.5. The summed E-state index contributed by atoms with van der Waals surface area (Å²) in [5.74, 6) is 2.03. The Kier molecular flexibility index (Phi) is 6.87. The van der Waals surface area contributed by atoms with E-state index in [4.69, 9.17) is 19.9 Å². The Morgan fingerprint density at radius 2 is 1.79 bits per heavy atom. The van der Waals surface area contributed by atoms with Crippen molar-refractivity contribution in [2.24, 2.45) is 5.92 Å². The molecule has 0 radical (unpaired) electrons. The third-order valence-electron chi connectivity index (χ3n) is 8.63.